The lowest BCUT2D eigenvalue weighted by molar-refractivity contribution is -0.118. The van der Waals surface area contributed by atoms with Gasteiger partial charge in [-0.25, -0.2) is 4.39 Å². The van der Waals surface area contributed by atoms with E-state index in [1.807, 2.05) is 20.0 Å². The number of Topliss-reactive ketones (excluding diaryl/α,β-unsaturated/α-hetero) is 1. The molecule has 2 aromatic rings. The number of hydrogen-bond acceptors (Lipinski definition) is 5. The predicted octanol–water partition coefficient (Wildman–Crippen LogP) is 4.82. The van der Waals surface area contributed by atoms with Gasteiger partial charge in [0.25, 0.3) is 6.01 Å². The SMILES string of the molecule is CC(=O)C[C@@H](C)COC1CCC(Oc2nc3c(F)cc(OCC4CC4)cc3n2C)CC1. The van der Waals surface area contributed by atoms with Gasteiger partial charge in [0.15, 0.2) is 5.82 Å². The molecule has 1 aromatic heterocycles. The molecular weight excluding hydrogens is 399 g/mol. The summed E-state index contributed by atoms with van der Waals surface area (Å²) in [4.78, 5) is 15.6. The lowest BCUT2D eigenvalue weighted by Crippen LogP contribution is -2.30. The van der Waals surface area contributed by atoms with E-state index in [1.165, 1.54) is 18.9 Å². The van der Waals surface area contributed by atoms with Crippen LogP contribution in [0, 0.1) is 17.7 Å². The summed E-state index contributed by atoms with van der Waals surface area (Å²) in [5.74, 6) is 1.22. The van der Waals surface area contributed by atoms with Crippen molar-refractivity contribution in [3.05, 3.63) is 17.9 Å². The average Bonchev–Trinajstić information content (AvgIpc) is 3.51. The summed E-state index contributed by atoms with van der Waals surface area (Å²) in [6.45, 7) is 4.92. The molecule has 4 rings (SSSR count). The van der Waals surface area contributed by atoms with Crippen LogP contribution in [0.3, 0.4) is 0 Å². The van der Waals surface area contributed by atoms with Crippen molar-refractivity contribution < 1.29 is 23.4 Å². The molecule has 170 valence electrons. The van der Waals surface area contributed by atoms with Gasteiger partial charge in [-0.15, -0.1) is 0 Å². The summed E-state index contributed by atoms with van der Waals surface area (Å²) in [6, 6.07) is 3.69. The van der Waals surface area contributed by atoms with Gasteiger partial charge in [-0.1, -0.05) is 6.92 Å². The monoisotopic (exact) mass is 432 g/mol. The first-order valence-corrected chi connectivity index (χ1v) is 11.5. The Bertz CT molecular complexity index is 916. The van der Waals surface area contributed by atoms with Crippen LogP contribution >= 0.6 is 0 Å². The maximum atomic E-state index is 14.6. The van der Waals surface area contributed by atoms with Gasteiger partial charge in [-0.2, -0.15) is 4.98 Å². The standard InChI is InChI=1S/C24H33FN2O4/c1-15(10-16(2)28)13-29-18-6-8-19(9-7-18)31-24-26-23-21(25)11-20(12-22(23)27(24)3)30-14-17-4-5-17/h11-12,15,17-19H,4-10,13-14H2,1-3H3/t15-,18?,19?/m1/s1. The van der Waals surface area contributed by atoms with Crippen LogP contribution in [0.15, 0.2) is 12.1 Å². The van der Waals surface area contributed by atoms with Crippen LogP contribution in [-0.4, -0.2) is 40.8 Å². The number of carbonyl (C=O) groups is 1. The Labute approximate surface area is 183 Å². The highest BCUT2D eigenvalue weighted by Crippen LogP contribution is 2.33. The fourth-order valence-corrected chi connectivity index (χ4v) is 4.20. The van der Waals surface area contributed by atoms with Gasteiger partial charge in [0.05, 0.1) is 18.2 Å². The quantitative estimate of drug-likeness (QED) is 0.538. The fourth-order valence-electron chi connectivity index (χ4n) is 4.20. The molecule has 0 saturated heterocycles. The Hall–Kier alpha value is -2.15. The zero-order valence-electron chi connectivity index (χ0n) is 18.7. The van der Waals surface area contributed by atoms with Crippen LogP contribution < -0.4 is 9.47 Å². The van der Waals surface area contributed by atoms with Crippen molar-refractivity contribution in [1.29, 1.82) is 0 Å². The molecule has 1 aromatic carbocycles. The molecular formula is C24H33FN2O4. The zero-order valence-corrected chi connectivity index (χ0v) is 18.7. The van der Waals surface area contributed by atoms with Crippen LogP contribution in [0.1, 0.15) is 58.8 Å². The minimum atomic E-state index is -0.384. The second-order valence-corrected chi connectivity index (χ2v) is 9.34. The molecule has 0 bridgehead atoms. The van der Waals surface area contributed by atoms with Crippen LogP contribution in [0.5, 0.6) is 11.8 Å². The van der Waals surface area contributed by atoms with Gasteiger partial charge in [0, 0.05) is 32.2 Å². The highest BCUT2D eigenvalue weighted by molar-refractivity contribution is 5.79. The number of ether oxygens (including phenoxy) is 3. The normalized spacial score (nSPS) is 22.5. The molecule has 6 nitrogen and oxygen atoms in total. The van der Waals surface area contributed by atoms with Crippen LogP contribution in [0.2, 0.25) is 0 Å². The van der Waals surface area contributed by atoms with Crippen molar-refractivity contribution in [2.45, 2.75) is 71.0 Å². The van der Waals surface area contributed by atoms with Crippen molar-refractivity contribution >= 4 is 16.8 Å². The first-order valence-electron chi connectivity index (χ1n) is 11.5. The smallest absolute Gasteiger partial charge is 0.297 e. The summed E-state index contributed by atoms with van der Waals surface area (Å²) in [5, 5.41) is 0. The van der Waals surface area contributed by atoms with Crippen LogP contribution in [0.25, 0.3) is 11.0 Å². The number of aromatic nitrogens is 2. The highest BCUT2D eigenvalue weighted by Gasteiger charge is 2.26. The molecule has 0 amide bonds. The van der Waals surface area contributed by atoms with Crippen LogP contribution in [-0.2, 0) is 16.6 Å². The molecule has 1 heterocycles. The summed E-state index contributed by atoms with van der Waals surface area (Å²) in [6.07, 6.45) is 6.76. The summed E-state index contributed by atoms with van der Waals surface area (Å²) < 4.78 is 34.3. The van der Waals surface area contributed by atoms with Gasteiger partial charge in [0.1, 0.15) is 23.2 Å². The van der Waals surface area contributed by atoms with Crippen molar-refractivity contribution in [1.82, 2.24) is 9.55 Å². The third-order valence-electron chi connectivity index (χ3n) is 6.20. The number of ketones is 1. The van der Waals surface area contributed by atoms with Crippen molar-refractivity contribution in [3.63, 3.8) is 0 Å². The van der Waals surface area contributed by atoms with Gasteiger partial charge >= 0.3 is 0 Å². The van der Waals surface area contributed by atoms with Crippen LogP contribution in [0.4, 0.5) is 4.39 Å². The molecule has 0 unspecified atom stereocenters. The van der Waals surface area contributed by atoms with Gasteiger partial charge < -0.3 is 19.0 Å². The lowest BCUT2D eigenvalue weighted by atomic mass is 9.95. The molecule has 31 heavy (non-hydrogen) atoms. The van der Waals surface area contributed by atoms with Crippen molar-refractivity contribution in [2.75, 3.05) is 13.2 Å². The molecule has 2 saturated carbocycles. The van der Waals surface area contributed by atoms with Gasteiger partial charge in [0.2, 0.25) is 0 Å². The molecule has 2 aliphatic rings. The highest BCUT2D eigenvalue weighted by atomic mass is 19.1. The average molecular weight is 433 g/mol. The summed E-state index contributed by atoms with van der Waals surface area (Å²) >= 11 is 0. The number of benzene rings is 1. The maximum absolute atomic E-state index is 14.6. The lowest BCUT2D eigenvalue weighted by Gasteiger charge is -2.29. The number of nitrogens with zero attached hydrogens (tertiary/aromatic N) is 2. The Kier molecular flexibility index (Phi) is 6.80. The number of fused-ring (bicyclic) bond motifs is 1. The number of hydrogen-bond donors (Lipinski definition) is 0. The van der Waals surface area contributed by atoms with Gasteiger partial charge in [-0.05, 0) is 57.3 Å². The van der Waals surface area contributed by atoms with E-state index in [-0.39, 0.29) is 29.7 Å². The van der Waals surface area contributed by atoms with E-state index in [0.717, 1.165) is 25.7 Å². The fraction of sp³-hybridized carbons (Fsp3) is 0.667. The molecule has 0 radical (unpaired) electrons. The molecule has 7 heteroatoms. The minimum absolute atomic E-state index is 0.0404. The number of rotatable bonds is 10. The topological polar surface area (TPSA) is 62.6 Å². The number of imidazole rings is 1. The maximum Gasteiger partial charge on any atom is 0.297 e. The Morgan fingerprint density at radius 2 is 1.90 bits per heavy atom. The third kappa shape index (κ3) is 5.76. The van der Waals surface area contributed by atoms with E-state index in [0.29, 0.717) is 48.3 Å². The first-order chi connectivity index (χ1) is 14.9. The third-order valence-corrected chi connectivity index (χ3v) is 6.20. The van der Waals surface area contributed by atoms with Crippen molar-refractivity contribution in [3.8, 4) is 11.8 Å². The number of carbonyl (C=O) groups excluding carboxylic acids is 1. The zero-order chi connectivity index (χ0) is 22.0. The van der Waals surface area contributed by atoms with E-state index in [9.17, 15) is 9.18 Å². The Balaban J connectivity index is 1.32. The van der Waals surface area contributed by atoms with E-state index < -0.39 is 0 Å². The van der Waals surface area contributed by atoms with Crippen molar-refractivity contribution in [2.24, 2.45) is 18.9 Å². The second-order valence-electron chi connectivity index (χ2n) is 9.34. The first kappa shape index (κ1) is 22.1. The molecule has 1 atom stereocenters. The second kappa shape index (κ2) is 9.55. The molecule has 0 spiro atoms. The number of halogens is 1. The summed E-state index contributed by atoms with van der Waals surface area (Å²) in [5.41, 5.74) is 0.991. The summed E-state index contributed by atoms with van der Waals surface area (Å²) in [7, 11) is 1.85. The van der Waals surface area contributed by atoms with E-state index in [2.05, 4.69) is 4.98 Å². The largest absolute Gasteiger partial charge is 0.493 e. The molecule has 0 aliphatic heterocycles. The molecule has 2 aliphatic carbocycles. The molecule has 0 N–H and O–H groups in total. The predicted molar refractivity (Wildman–Crippen MR) is 116 cm³/mol. The van der Waals surface area contributed by atoms with E-state index in [1.54, 1.807) is 11.5 Å². The minimum Gasteiger partial charge on any atom is -0.493 e. The number of aryl methyl sites for hydroxylation is 1. The van der Waals surface area contributed by atoms with Gasteiger partial charge in [-0.3, -0.25) is 4.57 Å². The Morgan fingerprint density at radius 3 is 2.58 bits per heavy atom. The Morgan fingerprint density at radius 1 is 1.19 bits per heavy atom. The molecule has 2 fully saturated rings. The van der Waals surface area contributed by atoms with E-state index in [4.69, 9.17) is 14.2 Å². The van der Waals surface area contributed by atoms with E-state index >= 15 is 0 Å².